The molecule has 3 rings (SSSR count). The molecule has 0 bridgehead atoms. The van der Waals surface area contributed by atoms with E-state index in [4.69, 9.17) is 11.6 Å². The van der Waals surface area contributed by atoms with Crippen LogP contribution < -0.4 is 5.32 Å². The number of hydrogen-bond acceptors (Lipinski definition) is 4. The molecule has 1 amide bonds. The van der Waals surface area contributed by atoms with Gasteiger partial charge in [0.25, 0.3) is 0 Å². The lowest BCUT2D eigenvalue weighted by Gasteiger charge is -2.28. The number of hydrogen-bond donors (Lipinski definition) is 2. The number of piperazine rings is 1. The average molecular weight is 309 g/mol. The smallest absolute Gasteiger partial charge is 0.229 e. The summed E-state index contributed by atoms with van der Waals surface area (Å²) < 4.78 is 0. The molecule has 6 heteroatoms. The summed E-state index contributed by atoms with van der Waals surface area (Å²) in [4.78, 5) is 26.5. The lowest BCUT2D eigenvalue weighted by molar-refractivity contribution is -0.134. The van der Waals surface area contributed by atoms with Crippen molar-refractivity contribution in [2.24, 2.45) is 5.92 Å². The van der Waals surface area contributed by atoms with E-state index in [1.807, 2.05) is 0 Å². The molecule has 1 aliphatic heterocycles. The van der Waals surface area contributed by atoms with Gasteiger partial charge in [0.05, 0.1) is 10.9 Å². The van der Waals surface area contributed by atoms with E-state index in [0.29, 0.717) is 18.1 Å². The second-order valence-electron chi connectivity index (χ2n) is 5.57. The highest BCUT2D eigenvalue weighted by Gasteiger charge is 2.63. The molecular weight excluding hydrogens is 292 g/mol. The Morgan fingerprint density at radius 1 is 1.29 bits per heavy atom. The molecule has 21 heavy (non-hydrogen) atoms. The quantitative estimate of drug-likeness (QED) is 0.807. The van der Waals surface area contributed by atoms with Crippen LogP contribution in [0.15, 0.2) is 24.3 Å². The van der Waals surface area contributed by atoms with Gasteiger partial charge in [-0.15, -0.1) is 0 Å². The van der Waals surface area contributed by atoms with E-state index in [1.54, 1.807) is 29.2 Å². The molecule has 112 valence electrons. The molecule has 2 unspecified atom stereocenters. The maximum Gasteiger partial charge on any atom is 0.229 e. The van der Waals surface area contributed by atoms with Crippen LogP contribution in [0.25, 0.3) is 0 Å². The van der Waals surface area contributed by atoms with Gasteiger partial charge in [-0.1, -0.05) is 23.7 Å². The highest BCUT2D eigenvalue weighted by atomic mass is 35.5. The molecule has 1 heterocycles. The van der Waals surface area contributed by atoms with E-state index < -0.39 is 17.3 Å². The first kappa shape index (κ1) is 14.5. The largest absolute Gasteiger partial charge is 0.381 e. The first-order valence-corrected chi connectivity index (χ1v) is 7.43. The van der Waals surface area contributed by atoms with Crippen molar-refractivity contribution in [2.45, 2.75) is 12.0 Å². The van der Waals surface area contributed by atoms with Crippen molar-refractivity contribution in [3.63, 3.8) is 0 Å². The van der Waals surface area contributed by atoms with Crippen molar-refractivity contribution >= 4 is 23.3 Å². The summed E-state index contributed by atoms with van der Waals surface area (Å²) in [5, 5.41) is 13.9. The molecule has 1 aromatic carbocycles. The maximum absolute atomic E-state index is 12.4. The SMILES string of the molecule is O=C(C1CC1(O)C(=O)c1ccccc1Cl)N1CCNCC1. The molecule has 0 aromatic heterocycles. The van der Waals surface area contributed by atoms with Gasteiger partial charge in [-0.05, 0) is 18.6 Å². The van der Waals surface area contributed by atoms with Crippen LogP contribution in [-0.2, 0) is 4.79 Å². The number of nitrogens with zero attached hydrogens (tertiary/aromatic N) is 1. The summed E-state index contributed by atoms with van der Waals surface area (Å²) in [6.07, 6.45) is 0.180. The van der Waals surface area contributed by atoms with Gasteiger partial charge in [0.2, 0.25) is 5.91 Å². The summed E-state index contributed by atoms with van der Waals surface area (Å²) >= 11 is 5.99. The third-order valence-corrected chi connectivity index (χ3v) is 4.50. The number of ketones is 1. The van der Waals surface area contributed by atoms with Gasteiger partial charge in [0.15, 0.2) is 5.78 Å². The van der Waals surface area contributed by atoms with Crippen LogP contribution in [-0.4, -0.2) is 53.5 Å². The van der Waals surface area contributed by atoms with Crippen LogP contribution in [0, 0.1) is 5.92 Å². The highest BCUT2D eigenvalue weighted by Crippen LogP contribution is 2.47. The molecule has 0 radical (unpaired) electrons. The topological polar surface area (TPSA) is 69.6 Å². The molecule has 0 spiro atoms. The van der Waals surface area contributed by atoms with Crippen molar-refractivity contribution < 1.29 is 14.7 Å². The molecule has 1 aliphatic carbocycles. The minimum Gasteiger partial charge on any atom is -0.381 e. The van der Waals surface area contributed by atoms with Gasteiger partial charge in [0, 0.05) is 31.7 Å². The zero-order chi connectivity index (χ0) is 15.0. The van der Waals surface area contributed by atoms with Crippen molar-refractivity contribution in [3.05, 3.63) is 34.9 Å². The lowest BCUT2D eigenvalue weighted by atomic mass is 10.0. The fourth-order valence-electron chi connectivity index (χ4n) is 2.78. The summed E-state index contributed by atoms with van der Waals surface area (Å²) in [6, 6.07) is 6.60. The van der Waals surface area contributed by atoms with E-state index in [2.05, 4.69) is 5.32 Å². The summed E-state index contributed by atoms with van der Waals surface area (Å²) in [6.45, 7) is 2.72. The molecule has 1 aromatic rings. The third kappa shape index (κ3) is 2.57. The van der Waals surface area contributed by atoms with Gasteiger partial charge in [-0.25, -0.2) is 0 Å². The highest BCUT2D eigenvalue weighted by molar-refractivity contribution is 6.34. The van der Waals surface area contributed by atoms with Crippen molar-refractivity contribution in [2.75, 3.05) is 26.2 Å². The van der Waals surface area contributed by atoms with Crippen molar-refractivity contribution in [3.8, 4) is 0 Å². The van der Waals surface area contributed by atoms with Crippen molar-refractivity contribution in [1.29, 1.82) is 0 Å². The molecule has 2 atom stereocenters. The predicted molar refractivity (Wildman–Crippen MR) is 78.3 cm³/mol. The first-order chi connectivity index (χ1) is 10.0. The molecule has 5 nitrogen and oxygen atoms in total. The standard InChI is InChI=1S/C15H17ClN2O3/c16-12-4-2-1-3-10(12)13(19)15(21)9-11(15)14(20)18-7-5-17-6-8-18/h1-4,11,17,21H,5-9H2. The van der Waals surface area contributed by atoms with Crippen LogP contribution in [0.3, 0.4) is 0 Å². The number of carbonyl (C=O) groups excluding carboxylic acids is 2. The van der Waals surface area contributed by atoms with Crippen molar-refractivity contribution in [1.82, 2.24) is 10.2 Å². The number of halogens is 1. The Labute approximate surface area is 127 Å². The molecule has 1 saturated carbocycles. The summed E-state index contributed by atoms with van der Waals surface area (Å²) in [7, 11) is 0. The minimum atomic E-state index is -1.59. The predicted octanol–water partition coefficient (Wildman–Crippen LogP) is 0.706. The van der Waals surface area contributed by atoms with Gasteiger partial charge < -0.3 is 15.3 Å². The fourth-order valence-corrected chi connectivity index (χ4v) is 3.00. The Morgan fingerprint density at radius 2 is 1.95 bits per heavy atom. The number of rotatable bonds is 3. The Hall–Kier alpha value is -1.43. The van der Waals surface area contributed by atoms with E-state index in [1.165, 1.54) is 0 Å². The Morgan fingerprint density at radius 3 is 2.62 bits per heavy atom. The number of Topliss-reactive ketones (excluding diaryl/α,β-unsaturated/α-hetero) is 1. The fraction of sp³-hybridized carbons (Fsp3) is 0.467. The van der Waals surface area contributed by atoms with Gasteiger partial charge in [-0.3, -0.25) is 9.59 Å². The molecule has 2 N–H and O–H groups in total. The normalized spacial score (nSPS) is 28.3. The number of carbonyl (C=O) groups is 2. The zero-order valence-corrected chi connectivity index (χ0v) is 12.3. The Bertz CT molecular complexity index is 586. The van der Waals surface area contributed by atoms with Crippen LogP contribution in [0.1, 0.15) is 16.8 Å². The van der Waals surface area contributed by atoms with Crippen LogP contribution in [0.5, 0.6) is 0 Å². The number of nitrogens with one attached hydrogen (secondary N) is 1. The average Bonchev–Trinajstić information content (AvgIpc) is 3.21. The van der Waals surface area contributed by atoms with E-state index >= 15 is 0 Å². The van der Waals surface area contributed by atoms with Gasteiger partial charge in [0.1, 0.15) is 5.60 Å². The van der Waals surface area contributed by atoms with Crippen LogP contribution in [0.2, 0.25) is 5.02 Å². The monoisotopic (exact) mass is 308 g/mol. The lowest BCUT2D eigenvalue weighted by Crippen LogP contribution is -2.48. The van der Waals surface area contributed by atoms with Crippen LogP contribution >= 0.6 is 11.6 Å². The molecule has 2 aliphatic rings. The molecule has 1 saturated heterocycles. The number of amides is 1. The number of benzene rings is 1. The summed E-state index contributed by atoms with van der Waals surface area (Å²) in [5.41, 5.74) is -1.32. The Balaban J connectivity index is 1.74. The second kappa shape index (κ2) is 5.40. The first-order valence-electron chi connectivity index (χ1n) is 7.05. The maximum atomic E-state index is 12.4. The summed E-state index contributed by atoms with van der Waals surface area (Å²) in [5.74, 6) is -1.24. The Kier molecular flexibility index (Phi) is 3.73. The van der Waals surface area contributed by atoms with Crippen LogP contribution in [0.4, 0.5) is 0 Å². The zero-order valence-electron chi connectivity index (χ0n) is 11.5. The second-order valence-corrected chi connectivity index (χ2v) is 5.97. The number of aliphatic hydroxyl groups is 1. The molecule has 2 fully saturated rings. The minimum absolute atomic E-state index is 0.139. The third-order valence-electron chi connectivity index (χ3n) is 4.17. The van der Waals surface area contributed by atoms with E-state index in [0.717, 1.165) is 13.1 Å². The molecular formula is C15H17ClN2O3. The van der Waals surface area contributed by atoms with E-state index in [-0.39, 0.29) is 17.9 Å². The van der Waals surface area contributed by atoms with Gasteiger partial charge >= 0.3 is 0 Å². The van der Waals surface area contributed by atoms with Gasteiger partial charge in [-0.2, -0.15) is 0 Å². The van der Waals surface area contributed by atoms with E-state index in [9.17, 15) is 14.7 Å².